The van der Waals surface area contributed by atoms with Crippen molar-refractivity contribution >= 4 is 22.4 Å². The van der Waals surface area contributed by atoms with E-state index in [1.165, 1.54) is 23.4 Å². The van der Waals surface area contributed by atoms with Gasteiger partial charge in [-0.25, -0.2) is 14.4 Å². The van der Waals surface area contributed by atoms with Crippen LogP contribution < -0.4 is 4.90 Å². The summed E-state index contributed by atoms with van der Waals surface area (Å²) < 4.78 is 13.6. The molecule has 1 saturated heterocycles. The Morgan fingerprint density at radius 3 is 2.53 bits per heavy atom. The van der Waals surface area contributed by atoms with Gasteiger partial charge < -0.3 is 9.80 Å². The molecule has 0 bridgehead atoms. The van der Waals surface area contributed by atoms with Crippen molar-refractivity contribution in [2.75, 3.05) is 24.7 Å². The number of halogens is 1. The van der Waals surface area contributed by atoms with Crippen LogP contribution in [0.5, 0.6) is 0 Å². The lowest BCUT2D eigenvalue weighted by Crippen LogP contribution is -2.24. The van der Waals surface area contributed by atoms with Crippen molar-refractivity contribution in [2.45, 2.75) is 32.6 Å². The van der Waals surface area contributed by atoms with Crippen LogP contribution in [-0.4, -0.2) is 34.6 Å². The van der Waals surface area contributed by atoms with E-state index in [0.717, 1.165) is 84.7 Å². The number of hydrogen-bond acceptors (Lipinski definition) is 4. The maximum Gasteiger partial charge on any atom is 0.123 e. The monoisotopic (exact) mass is 504 g/mol. The van der Waals surface area contributed by atoms with Crippen molar-refractivity contribution < 1.29 is 4.39 Å². The first-order valence-electron chi connectivity index (χ1n) is 13.2. The van der Waals surface area contributed by atoms with Gasteiger partial charge in [-0.05, 0) is 92.8 Å². The van der Waals surface area contributed by atoms with Gasteiger partial charge in [0.15, 0.2) is 0 Å². The molecule has 0 unspecified atom stereocenters. The van der Waals surface area contributed by atoms with Gasteiger partial charge >= 0.3 is 0 Å². The van der Waals surface area contributed by atoms with Crippen molar-refractivity contribution in [3.63, 3.8) is 0 Å². The van der Waals surface area contributed by atoms with Gasteiger partial charge in [0.1, 0.15) is 5.82 Å². The number of unbranched alkanes of at least 4 members (excludes halogenated alkanes) is 2. The van der Waals surface area contributed by atoms with E-state index < -0.39 is 0 Å². The molecule has 3 aromatic carbocycles. The first kappa shape index (κ1) is 25.4. The van der Waals surface area contributed by atoms with E-state index in [1.54, 1.807) is 12.1 Å². The Kier molecular flexibility index (Phi) is 7.67. The predicted octanol–water partition coefficient (Wildman–Crippen LogP) is 7.55. The molecule has 0 N–H and O–H groups in total. The Labute approximate surface area is 224 Å². The van der Waals surface area contributed by atoms with E-state index in [0.29, 0.717) is 0 Å². The highest BCUT2D eigenvalue weighted by atomic mass is 19.1. The molecule has 0 atom stereocenters. The van der Waals surface area contributed by atoms with Gasteiger partial charge in [0.05, 0.1) is 29.1 Å². The molecule has 5 heteroatoms. The molecule has 38 heavy (non-hydrogen) atoms. The molecule has 0 spiro atoms. The van der Waals surface area contributed by atoms with Gasteiger partial charge in [0, 0.05) is 30.0 Å². The first-order chi connectivity index (χ1) is 18.5. The molecule has 0 amide bonds. The van der Waals surface area contributed by atoms with Crippen LogP contribution in [0.3, 0.4) is 0 Å². The molecular formula is C33H33FN4. The average molecular weight is 505 g/mol. The topological polar surface area (TPSA) is 32.3 Å². The van der Waals surface area contributed by atoms with Crippen LogP contribution in [0.15, 0.2) is 91.7 Å². The number of nitrogens with zero attached hydrogens (tertiary/aromatic N) is 4. The Bertz CT molecular complexity index is 1480. The first-order valence-corrected chi connectivity index (χ1v) is 13.2. The zero-order valence-electron chi connectivity index (χ0n) is 22.0. The van der Waals surface area contributed by atoms with E-state index in [-0.39, 0.29) is 5.82 Å². The molecule has 0 aliphatic carbocycles. The highest BCUT2D eigenvalue weighted by molar-refractivity contribution is 5.82. The number of anilines is 1. The summed E-state index contributed by atoms with van der Waals surface area (Å²) in [5.41, 5.74) is 11.7. The third-order valence-corrected chi connectivity index (χ3v) is 7.11. The molecule has 192 valence electrons. The average Bonchev–Trinajstić information content (AvgIpc) is 3.43. The fraction of sp³-hybridized carbons (Fsp3) is 0.242. The SMILES string of the molecule is C=C=CCCCCc1nc2cc(C(=C)N3CCN(c4ccc(C)cc4)C3)ccc2nc1-c1ccc(F)cc1. The lowest BCUT2D eigenvalue weighted by molar-refractivity contribution is 0.497. The largest absolute Gasteiger partial charge is 0.352 e. The van der Waals surface area contributed by atoms with Gasteiger partial charge in [0.2, 0.25) is 0 Å². The maximum absolute atomic E-state index is 13.6. The predicted molar refractivity (Wildman–Crippen MR) is 155 cm³/mol. The molecule has 1 aromatic heterocycles. The molecule has 4 nitrogen and oxygen atoms in total. The lowest BCUT2D eigenvalue weighted by Gasteiger charge is -2.23. The number of allylic oxidation sites excluding steroid dienone is 1. The van der Waals surface area contributed by atoms with E-state index >= 15 is 0 Å². The number of fused-ring (bicyclic) bond motifs is 1. The summed E-state index contributed by atoms with van der Waals surface area (Å²) in [4.78, 5) is 14.7. The Morgan fingerprint density at radius 2 is 1.76 bits per heavy atom. The Balaban J connectivity index is 1.40. The standard InChI is InChI=1S/C33H33FN4/c1-4-5-6-7-8-9-31-33(26-12-15-28(34)16-13-26)36-30-19-14-27(22-32(30)35-31)25(3)37-20-21-38(23-37)29-17-10-24(2)11-18-29/h5,10-19,22H,1,3,6-9,20-21,23H2,2H3. The van der Waals surface area contributed by atoms with Crippen LogP contribution in [0.2, 0.25) is 0 Å². The molecule has 1 fully saturated rings. The van der Waals surface area contributed by atoms with Crippen LogP contribution in [0.4, 0.5) is 10.1 Å². The van der Waals surface area contributed by atoms with Crippen LogP contribution in [0, 0.1) is 12.7 Å². The summed E-state index contributed by atoms with van der Waals surface area (Å²) in [6.07, 6.45) is 5.69. The van der Waals surface area contributed by atoms with Gasteiger partial charge in [-0.3, -0.25) is 0 Å². The Morgan fingerprint density at radius 1 is 0.974 bits per heavy atom. The van der Waals surface area contributed by atoms with Gasteiger partial charge in [-0.15, -0.1) is 5.73 Å². The second-order valence-electron chi connectivity index (χ2n) is 9.83. The Hall–Kier alpha value is -4.21. The molecule has 0 radical (unpaired) electrons. The fourth-order valence-corrected chi connectivity index (χ4v) is 4.88. The number of hydrogen-bond donors (Lipinski definition) is 0. The third-order valence-electron chi connectivity index (χ3n) is 7.11. The second-order valence-corrected chi connectivity index (χ2v) is 9.83. The normalized spacial score (nSPS) is 13.1. The van der Waals surface area contributed by atoms with Crippen molar-refractivity contribution in [2.24, 2.45) is 0 Å². The van der Waals surface area contributed by atoms with Gasteiger partial charge in [0.25, 0.3) is 0 Å². The van der Waals surface area contributed by atoms with Gasteiger partial charge in [-0.1, -0.05) is 36.9 Å². The fourth-order valence-electron chi connectivity index (χ4n) is 4.88. The zero-order valence-corrected chi connectivity index (χ0v) is 22.0. The summed E-state index contributed by atoms with van der Waals surface area (Å²) in [6.45, 7) is 12.9. The molecule has 1 aliphatic rings. The molecule has 2 heterocycles. The molecule has 1 aliphatic heterocycles. The third kappa shape index (κ3) is 5.69. The number of benzene rings is 3. The minimum absolute atomic E-state index is 0.258. The number of aryl methyl sites for hydroxylation is 2. The van der Waals surface area contributed by atoms with Crippen molar-refractivity contribution in [1.29, 1.82) is 0 Å². The van der Waals surface area contributed by atoms with E-state index in [4.69, 9.17) is 9.97 Å². The van der Waals surface area contributed by atoms with Crippen LogP contribution in [0.1, 0.15) is 36.1 Å². The maximum atomic E-state index is 13.6. The van der Waals surface area contributed by atoms with Crippen LogP contribution >= 0.6 is 0 Å². The molecule has 0 saturated carbocycles. The number of aromatic nitrogens is 2. The summed E-state index contributed by atoms with van der Waals surface area (Å²) in [6, 6.07) is 21.4. The highest BCUT2D eigenvalue weighted by Gasteiger charge is 2.22. The van der Waals surface area contributed by atoms with Crippen molar-refractivity contribution in [3.8, 4) is 11.3 Å². The summed E-state index contributed by atoms with van der Waals surface area (Å²) in [5.74, 6) is -0.258. The minimum atomic E-state index is -0.258. The van der Waals surface area contributed by atoms with E-state index in [2.05, 4.69) is 72.0 Å². The zero-order chi connectivity index (χ0) is 26.5. The van der Waals surface area contributed by atoms with Crippen molar-refractivity contribution in [1.82, 2.24) is 14.9 Å². The van der Waals surface area contributed by atoms with Crippen LogP contribution in [0.25, 0.3) is 28.0 Å². The second kappa shape index (κ2) is 11.5. The quantitative estimate of drug-likeness (QED) is 0.174. The lowest BCUT2D eigenvalue weighted by atomic mass is 10.0. The molecule has 5 rings (SSSR count). The minimum Gasteiger partial charge on any atom is -0.352 e. The van der Waals surface area contributed by atoms with E-state index in [1.807, 2.05) is 12.1 Å². The van der Waals surface area contributed by atoms with E-state index in [9.17, 15) is 4.39 Å². The summed E-state index contributed by atoms with van der Waals surface area (Å²) in [5, 5.41) is 0. The smallest absolute Gasteiger partial charge is 0.123 e. The number of rotatable bonds is 9. The van der Waals surface area contributed by atoms with Gasteiger partial charge in [-0.2, -0.15) is 0 Å². The van der Waals surface area contributed by atoms with Crippen LogP contribution in [-0.2, 0) is 6.42 Å². The van der Waals surface area contributed by atoms with Crippen molar-refractivity contribution in [3.05, 3.63) is 114 Å². The summed E-state index contributed by atoms with van der Waals surface area (Å²) >= 11 is 0. The summed E-state index contributed by atoms with van der Waals surface area (Å²) in [7, 11) is 0. The molecular weight excluding hydrogens is 471 g/mol. The highest BCUT2D eigenvalue weighted by Crippen LogP contribution is 2.29. The molecule has 4 aromatic rings.